The lowest BCUT2D eigenvalue weighted by Crippen LogP contribution is -2.46. The second-order valence-corrected chi connectivity index (χ2v) is 6.58. The van der Waals surface area contributed by atoms with Crippen LogP contribution in [0.3, 0.4) is 0 Å². The molecule has 0 spiro atoms. The van der Waals surface area contributed by atoms with Crippen molar-refractivity contribution >= 4 is 11.9 Å². The lowest BCUT2D eigenvalue weighted by molar-refractivity contribution is -0.160. The maximum Gasteiger partial charge on any atom is 0.319 e. The van der Waals surface area contributed by atoms with Gasteiger partial charge in [0.15, 0.2) is 0 Å². The summed E-state index contributed by atoms with van der Waals surface area (Å²) in [5.41, 5.74) is -0.431. The second-order valence-electron chi connectivity index (χ2n) is 6.58. The van der Waals surface area contributed by atoms with Crippen LogP contribution in [0.15, 0.2) is 0 Å². The molecule has 0 aromatic rings. The summed E-state index contributed by atoms with van der Waals surface area (Å²) in [4.78, 5) is 26.9. The molecular formula is C17H33NO3. The van der Waals surface area contributed by atoms with Crippen molar-refractivity contribution in [3.8, 4) is 0 Å². The van der Waals surface area contributed by atoms with Gasteiger partial charge in [-0.1, -0.05) is 47.5 Å². The lowest BCUT2D eigenvalue weighted by Gasteiger charge is -2.33. The highest BCUT2D eigenvalue weighted by Gasteiger charge is 2.40. The fourth-order valence-corrected chi connectivity index (χ4v) is 2.26. The minimum absolute atomic E-state index is 0.0807. The van der Waals surface area contributed by atoms with E-state index in [2.05, 4.69) is 13.8 Å². The Morgan fingerprint density at radius 3 is 1.81 bits per heavy atom. The van der Waals surface area contributed by atoms with E-state index in [9.17, 15) is 9.59 Å². The Kier molecular flexibility index (Phi) is 9.31. The second kappa shape index (κ2) is 9.80. The molecule has 0 aliphatic carbocycles. The number of esters is 1. The van der Waals surface area contributed by atoms with E-state index in [1.807, 2.05) is 25.7 Å². The number of nitrogens with zero attached hydrogens (tertiary/aromatic N) is 1. The van der Waals surface area contributed by atoms with Gasteiger partial charge in [-0.05, 0) is 25.2 Å². The SMILES string of the molecule is CCCCN(CCCC)C(=O)C(C(=O)OCC)C(C)(C)C. The smallest absolute Gasteiger partial charge is 0.319 e. The quantitative estimate of drug-likeness (QED) is 0.482. The average molecular weight is 299 g/mol. The van der Waals surface area contributed by atoms with Crippen molar-refractivity contribution in [1.82, 2.24) is 4.90 Å². The molecular weight excluding hydrogens is 266 g/mol. The minimum atomic E-state index is -0.717. The van der Waals surface area contributed by atoms with Crippen LogP contribution in [0, 0.1) is 11.3 Å². The van der Waals surface area contributed by atoms with Crippen LogP contribution in [0.1, 0.15) is 67.2 Å². The van der Waals surface area contributed by atoms with Crippen molar-refractivity contribution in [3.05, 3.63) is 0 Å². The molecule has 0 saturated carbocycles. The van der Waals surface area contributed by atoms with Gasteiger partial charge in [0, 0.05) is 13.1 Å². The van der Waals surface area contributed by atoms with E-state index in [-0.39, 0.29) is 5.91 Å². The van der Waals surface area contributed by atoms with Crippen molar-refractivity contribution in [3.63, 3.8) is 0 Å². The number of amides is 1. The Hall–Kier alpha value is -1.06. The fourth-order valence-electron chi connectivity index (χ4n) is 2.26. The van der Waals surface area contributed by atoms with Gasteiger partial charge in [-0.3, -0.25) is 9.59 Å². The van der Waals surface area contributed by atoms with Gasteiger partial charge < -0.3 is 9.64 Å². The average Bonchev–Trinajstić information content (AvgIpc) is 2.37. The maximum absolute atomic E-state index is 12.8. The summed E-state index contributed by atoms with van der Waals surface area (Å²) in [6.07, 6.45) is 4.01. The Bertz CT molecular complexity index is 312. The third kappa shape index (κ3) is 6.96. The fraction of sp³-hybridized carbons (Fsp3) is 0.882. The number of unbranched alkanes of at least 4 members (excludes halogenated alkanes) is 2. The highest BCUT2D eigenvalue weighted by atomic mass is 16.5. The molecule has 0 aromatic carbocycles. The van der Waals surface area contributed by atoms with Crippen LogP contribution < -0.4 is 0 Å². The first kappa shape index (κ1) is 19.9. The molecule has 0 bridgehead atoms. The Morgan fingerprint density at radius 1 is 1.00 bits per heavy atom. The molecule has 1 unspecified atom stereocenters. The molecule has 0 N–H and O–H groups in total. The van der Waals surface area contributed by atoms with Crippen molar-refractivity contribution in [1.29, 1.82) is 0 Å². The summed E-state index contributed by atoms with van der Waals surface area (Å²) in [5, 5.41) is 0. The maximum atomic E-state index is 12.8. The largest absolute Gasteiger partial charge is 0.465 e. The topological polar surface area (TPSA) is 46.6 Å². The molecule has 4 heteroatoms. The molecule has 1 amide bonds. The Labute approximate surface area is 130 Å². The van der Waals surface area contributed by atoms with E-state index < -0.39 is 17.3 Å². The van der Waals surface area contributed by atoms with Crippen molar-refractivity contribution < 1.29 is 14.3 Å². The summed E-state index contributed by atoms with van der Waals surface area (Å²) in [6, 6.07) is 0. The van der Waals surface area contributed by atoms with Gasteiger partial charge in [-0.25, -0.2) is 0 Å². The monoisotopic (exact) mass is 299 g/mol. The first-order chi connectivity index (χ1) is 9.79. The van der Waals surface area contributed by atoms with E-state index in [4.69, 9.17) is 4.74 Å². The number of carbonyl (C=O) groups is 2. The number of hydrogen-bond donors (Lipinski definition) is 0. The zero-order valence-corrected chi connectivity index (χ0v) is 14.7. The zero-order valence-electron chi connectivity index (χ0n) is 14.7. The summed E-state index contributed by atoms with van der Waals surface area (Å²) < 4.78 is 5.12. The van der Waals surface area contributed by atoms with E-state index in [1.54, 1.807) is 6.92 Å². The van der Waals surface area contributed by atoms with Crippen LogP contribution in [0.4, 0.5) is 0 Å². The van der Waals surface area contributed by atoms with Crippen LogP contribution in [0.5, 0.6) is 0 Å². The highest BCUT2D eigenvalue weighted by molar-refractivity contribution is 5.98. The molecule has 0 aromatic heterocycles. The number of hydrogen-bond acceptors (Lipinski definition) is 3. The lowest BCUT2D eigenvalue weighted by atomic mass is 9.79. The van der Waals surface area contributed by atoms with Crippen LogP contribution in [0.2, 0.25) is 0 Å². The van der Waals surface area contributed by atoms with Crippen molar-refractivity contribution in [2.24, 2.45) is 11.3 Å². The van der Waals surface area contributed by atoms with Gasteiger partial charge in [-0.2, -0.15) is 0 Å². The standard InChI is InChI=1S/C17H33NO3/c1-7-10-12-18(13-11-8-2)15(19)14(17(4,5)6)16(20)21-9-3/h14H,7-13H2,1-6H3. The predicted molar refractivity (Wildman–Crippen MR) is 86.0 cm³/mol. The van der Waals surface area contributed by atoms with E-state index in [1.165, 1.54) is 0 Å². The summed E-state index contributed by atoms with van der Waals surface area (Å²) in [7, 11) is 0. The Morgan fingerprint density at radius 2 is 1.48 bits per heavy atom. The molecule has 0 radical (unpaired) electrons. The van der Waals surface area contributed by atoms with Crippen molar-refractivity contribution in [2.75, 3.05) is 19.7 Å². The van der Waals surface area contributed by atoms with Gasteiger partial charge in [-0.15, -0.1) is 0 Å². The predicted octanol–water partition coefficient (Wildman–Crippen LogP) is 3.64. The first-order valence-corrected chi connectivity index (χ1v) is 8.24. The van der Waals surface area contributed by atoms with E-state index >= 15 is 0 Å². The Balaban J connectivity index is 5.13. The minimum Gasteiger partial charge on any atom is -0.465 e. The summed E-state index contributed by atoms with van der Waals surface area (Å²) in [6.45, 7) is 13.5. The van der Waals surface area contributed by atoms with Gasteiger partial charge in [0.25, 0.3) is 0 Å². The highest BCUT2D eigenvalue weighted by Crippen LogP contribution is 2.29. The first-order valence-electron chi connectivity index (χ1n) is 8.24. The normalized spacial score (nSPS) is 12.9. The van der Waals surface area contributed by atoms with Gasteiger partial charge in [0.05, 0.1) is 6.61 Å². The van der Waals surface area contributed by atoms with Crippen LogP contribution in [-0.2, 0) is 14.3 Å². The zero-order chi connectivity index (χ0) is 16.5. The molecule has 0 saturated heterocycles. The number of rotatable bonds is 9. The summed E-state index contributed by atoms with van der Waals surface area (Å²) in [5.74, 6) is -1.19. The van der Waals surface area contributed by atoms with Crippen LogP contribution in [-0.4, -0.2) is 36.5 Å². The molecule has 0 rings (SSSR count). The van der Waals surface area contributed by atoms with Crippen molar-refractivity contribution in [2.45, 2.75) is 67.2 Å². The number of carbonyl (C=O) groups excluding carboxylic acids is 2. The molecule has 21 heavy (non-hydrogen) atoms. The molecule has 1 atom stereocenters. The molecule has 124 valence electrons. The molecule has 0 fully saturated rings. The van der Waals surface area contributed by atoms with Gasteiger partial charge >= 0.3 is 5.97 Å². The molecule has 0 aliphatic heterocycles. The van der Waals surface area contributed by atoms with E-state index in [0.717, 1.165) is 38.8 Å². The summed E-state index contributed by atoms with van der Waals surface area (Å²) >= 11 is 0. The third-order valence-corrected chi connectivity index (χ3v) is 3.51. The van der Waals surface area contributed by atoms with Crippen LogP contribution >= 0.6 is 0 Å². The van der Waals surface area contributed by atoms with Gasteiger partial charge in [0.2, 0.25) is 5.91 Å². The molecule has 0 aliphatic rings. The van der Waals surface area contributed by atoms with Gasteiger partial charge in [0.1, 0.15) is 5.92 Å². The molecule has 4 nitrogen and oxygen atoms in total. The molecule has 0 heterocycles. The van der Waals surface area contributed by atoms with E-state index in [0.29, 0.717) is 6.61 Å². The third-order valence-electron chi connectivity index (χ3n) is 3.51. The van der Waals surface area contributed by atoms with Crippen LogP contribution in [0.25, 0.3) is 0 Å². The number of ether oxygens (including phenoxy) is 1.